The van der Waals surface area contributed by atoms with Gasteiger partial charge in [0.2, 0.25) is 11.8 Å². The number of carbonyl (C=O) groups is 3. The average Bonchev–Trinajstić information content (AvgIpc) is 3.12. The van der Waals surface area contributed by atoms with Crippen molar-refractivity contribution in [3.63, 3.8) is 0 Å². The largest absolute Gasteiger partial charge is 0.494 e. The number of thiazole rings is 1. The first-order valence-corrected chi connectivity index (χ1v) is 10.3. The van der Waals surface area contributed by atoms with Crippen molar-refractivity contribution in [3.05, 3.63) is 36.4 Å². The lowest BCUT2D eigenvalue weighted by Gasteiger charge is -2.32. The van der Waals surface area contributed by atoms with Gasteiger partial charge in [0.15, 0.2) is 11.2 Å². The lowest BCUT2D eigenvalue weighted by molar-refractivity contribution is -0.127. The van der Waals surface area contributed by atoms with Crippen molar-refractivity contribution in [2.45, 2.75) is 20.0 Å². The molecule has 2 N–H and O–H groups in total. The SMILES string of the molecule is COc1cc(NC(=O)CN2C(=O)[C@@H](C)Oc3ccccc32)cc2sc(NC(C)=O)nc12. The van der Waals surface area contributed by atoms with E-state index in [9.17, 15) is 14.4 Å². The summed E-state index contributed by atoms with van der Waals surface area (Å²) < 4.78 is 11.7. The summed E-state index contributed by atoms with van der Waals surface area (Å²) >= 11 is 1.27. The topological polar surface area (TPSA) is 110 Å². The molecule has 31 heavy (non-hydrogen) atoms. The van der Waals surface area contributed by atoms with Gasteiger partial charge in [0, 0.05) is 18.7 Å². The van der Waals surface area contributed by atoms with Gasteiger partial charge in [-0.3, -0.25) is 19.3 Å². The molecule has 0 radical (unpaired) electrons. The zero-order chi connectivity index (χ0) is 22.1. The molecule has 0 unspecified atom stereocenters. The predicted octanol–water partition coefficient (Wildman–Crippen LogP) is 3.02. The van der Waals surface area contributed by atoms with E-state index in [0.29, 0.717) is 33.5 Å². The van der Waals surface area contributed by atoms with Crippen LogP contribution in [0.15, 0.2) is 36.4 Å². The van der Waals surface area contributed by atoms with Crippen molar-refractivity contribution >= 4 is 55.8 Å². The fourth-order valence-electron chi connectivity index (χ4n) is 3.30. The zero-order valence-corrected chi connectivity index (χ0v) is 17.9. The van der Waals surface area contributed by atoms with Gasteiger partial charge in [-0.15, -0.1) is 0 Å². The number of fused-ring (bicyclic) bond motifs is 2. The van der Waals surface area contributed by atoms with Crippen LogP contribution in [-0.4, -0.2) is 42.5 Å². The second-order valence-electron chi connectivity index (χ2n) is 6.93. The molecule has 0 fully saturated rings. The average molecular weight is 440 g/mol. The van der Waals surface area contributed by atoms with Gasteiger partial charge < -0.3 is 20.1 Å². The number of hydrogen-bond donors (Lipinski definition) is 2. The molecule has 160 valence electrons. The van der Waals surface area contributed by atoms with Gasteiger partial charge in [-0.05, 0) is 25.1 Å². The highest BCUT2D eigenvalue weighted by atomic mass is 32.1. The third-order valence-corrected chi connectivity index (χ3v) is 5.54. The molecule has 10 heteroatoms. The van der Waals surface area contributed by atoms with Crippen molar-refractivity contribution in [1.29, 1.82) is 0 Å². The van der Waals surface area contributed by atoms with E-state index in [0.717, 1.165) is 4.70 Å². The summed E-state index contributed by atoms with van der Waals surface area (Å²) in [6.45, 7) is 2.89. The first kappa shape index (κ1) is 20.6. The zero-order valence-electron chi connectivity index (χ0n) is 17.1. The number of hydrogen-bond acceptors (Lipinski definition) is 7. The number of nitrogens with one attached hydrogen (secondary N) is 2. The highest BCUT2D eigenvalue weighted by Gasteiger charge is 2.32. The van der Waals surface area contributed by atoms with Gasteiger partial charge in [0.25, 0.3) is 5.91 Å². The molecular formula is C21H20N4O5S. The molecule has 2 aromatic carbocycles. The Balaban J connectivity index is 1.57. The van der Waals surface area contributed by atoms with Crippen molar-refractivity contribution in [3.8, 4) is 11.5 Å². The maximum atomic E-state index is 12.8. The van der Waals surface area contributed by atoms with Crippen LogP contribution in [0.3, 0.4) is 0 Å². The number of ether oxygens (including phenoxy) is 2. The van der Waals surface area contributed by atoms with Crippen LogP contribution in [0.4, 0.5) is 16.5 Å². The summed E-state index contributed by atoms with van der Waals surface area (Å²) in [6, 6.07) is 10.5. The monoisotopic (exact) mass is 440 g/mol. The molecule has 3 amide bonds. The highest BCUT2D eigenvalue weighted by molar-refractivity contribution is 7.22. The third kappa shape index (κ3) is 4.15. The van der Waals surface area contributed by atoms with E-state index in [4.69, 9.17) is 9.47 Å². The summed E-state index contributed by atoms with van der Waals surface area (Å²) in [5, 5.41) is 5.90. The Labute approximate surface area is 182 Å². The quantitative estimate of drug-likeness (QED) is 0.631. The summed E-state index contributed by atoms with van der Waals surface area (Å²) in [4.78, 5) is 42.5. The lowest BCUT2D eigenvalue weighted by Crippen LogP contribution is -2.47. The van der Waals surface area contributed by atoms with E-state index >= 15 is 0 Å². The van der Waals surface area contributed by atoms with Crippen LogP contribution in [0.25, 0.3) is 10.2 Å². The molecule has 1 aromatic heterocycles. The predicted molar refractivity (Wildman–Crippen MR) is 118 cm³/mol. The summed E-state index contributed by atoms with van der Waals surface area (Å²) in [6.07, 6.45) is -0.677. The van der Waals surface area contributed by atoms with Crippen LogP contribution in [-0.2, 0) is 14.4 Å². The Kier molecular flexibility index (Phi) is 5.47. The number of anilines is 3. The molecule has 4 rings (SSSR count). The lowest BCUT2D eigenvalue weighted by atomic mass is 10.2. The van der Waals surface area contributed by atoms with E-state index in [-0.39, 0.29) is 24.3 Å². The maximum Gasteiger partial charge on any atom is 0.268 e. The number of aromatic nitrogens is 1. The Bertz CT molecular complexity index is 1190. The van der Waals surface area contributed by atoms with Crippen LogP contribution in [0.2, 0.25) is 0 Å². The Morgan fingerprint density at radius 1 is 1.26 bits per heavy atom. The second-order valence-corrected chi connectivity index (χ2v) is 7.96. The van der Waals surface area contributed by atoms with Crippen LogP contribution in [0.1, 0.15) is 13.8 Å². The number of nitrogens with zero attached hydrogens (tertiary/aromatic N) is 2. The fourth-order valence-corrected chi connectivity index (χ4v) is 4.27. The normalized spacial score (nSPS) is 15.3. The molecule has 0 saturated carbocycles. The smallest absolute Gasteiger partial charge is 0.268 e. The molecule has 0 bridgehead atoms. The van der Waals surface area contributed by atoms with Crippen LogP contribution in [0.5, 0.6) is 11.5 Å². The number of para-hydroxylation sites is 2. The minimum absolute atomic E-state index is 0.163. The Morgan fingerprint density at radius 3 is 2.77 bits per heavy atom. The van der Waals surface area contributed by atoms with E-state index in [1.807, 2.05) is 6.07 Å². The van der Waals surface area contributed by atoms with Crippen molar-refractivity contribution in [2.75, 3.05) is 29.2 Å². The number of carbonyl (C=O) groups excluding carboxylic acids is 3. The molecule has 2 heterocycles. The first-order valence-electron chi connectivity index (χ1n) is 9.49. The van der Waals surface area contributed by atoms with E-state index in [1.54, 1.807) is 37.3 Å². The summed E-state index contributed by atoms with van der Waals surface area (Å²) in [5.74, 6) is 0.133. The van der Waals surface area contributed by atoms with E-state index in [2.05, 4.69) is 15.6 Å². The number of benzene rings is 2. The van der Waals surface area contributed by atoms with Gasteiger partial charge in [0.05, 0.1) is 17.5 Å². The minimum atomic E-state index is -0.677. The summed E-state index contributed by atoms with van der Waals surface area (Å²) in [5.41, 5.74) is 1.63. The molecule has 1 aliphatic rings. The van der Waals surface area contributed by atoms with Crippen molar-refractivity contribution in [1.82, 2.24) is 4.98 Å². The number of methoxy groups -OCH3 is 1. The molecule has 3 aromatic rings. The molecular weight excluding hydrogens is 420 g/mol. The molecule has 9 nitrogen and oxygen atoms in total. The minimum Gasteiger partial charge on any atom is -0.494 e. The van der Waals surface area contributed by atoms with Gasteiger partial charge in [-0.25, -0.2) is 4.98 Å². The second kappa shape index (κ2) is 8.23. The van der Waals surface area contributed by atoms with Crippen molar-refractivity contribution < 1.29 is 23.9 Å². The van der Waals surface area contributed by atoms with E-state index in [1.165, 1.54) is 30.3 Å². The van der Waals surface area contributed by atoms with Gasteiger partial charge in [-0.2, -0.15) is 0 Å². The highest BCUT2D eigenvalue weighted by Crippen LogP contribution is 2.36. The number of rotatable bonds is 5. The Hall–Kier alpha value is -3.66. The van der Waals surface area contributed by atoms with Crippen LogP contribution >= 0.6 is 11.3 Å². The van der Waals surface area contributed by atoms with Crippen LogP contribution < -0.4 is 25.0 Å². The molecule has 1 atom stereocenters. The summed E-state index contributed by atoms with van der Waals surface area (Å²) in [7, 11) is 1.50. The van der Waals surface area contributed by atoms with Gasteiger partial charge in [0.1, 0.15) is 23.6 Å². The molecule has 0 spiro atoms. The van der Waals surface area contributed by atoms with Crippen molar-refractivity contribution in [2.24, 2.45) is 0 Å². The van der Waals surface area contributed by atoms with Gasteiger partial charge in [-0.1, -0.05) is 23.5 Å². The molecule has 1 aliphatic heterocycles. The number of amides is 3. The maximum absolute atomic E-state index is 12.8. The van der Waals surface area contributed by atoms with Crippen LogP contribution in [0, 0.1) is 0 Å². The first-order chi connectivity index (χ1) is 14.9. The standard InChI is InChI=1S/C21H20N4O5S/c1-11-20(28)25(14-6-4-5-7-15(14)30-11)10-18(27)23-13-8-16(29-3)19-17(9-13)31-21(24-19)22-12(2)26/h4-9,11H,10H2,1-3H3,(H,23,27)(H,22,24,26)/t11-/m1/s1. The molecule has 0 saturated heterocycles. The molecule has 0 aliphatic carbocycles. The fraction of sp³-hybridized carbons (Fsp3) is 0.238. The Morgan fingerprint density at radius 2 is 2.03 bits per heavy atom. The van der Waals surface area contributed by atoms with Gasteiger partial charge >= 0.3 is 0 Å². The third-order valence-electron chi connectivity index (χ3n) is 4.62. The van der Waals surface area contributed by atoms with E-state index < -0.39 is 6.10 Å².